The highest BCUT2D eigenvalue weighted by Gasteiger charge is 2.08. The number of aromatic nitrogens is 1. The molecule has 100 valence electrons. The van der Waals surface area contributed by atoms with Crippen LogP contribution in [-0.4, -0.2) is 16.2 Å². The monoisotopic (exact) mass is 279 g/mol. The van der Waals surface area contributed by atoms with Crippen molar-refractivity contribution in [2.75, 3.05) is 5.88 Å². The van der Waals surface area contributed by atoms with Gasteiger partial charge in [-0.1, -0.05) is 19.1 Å². The van der Waals surface area contributed by atoms with Crippen LogP contribution in [0.3, 0.4) is 0 Å². The molecule has 1 aromatic carbocycles. The molecule has 0 aliphatic carbocycles. The molecular formula is C14H14ClNO3. The summed E-state index contributed by atoms with van der Waals surface area (Å²) in [6.07, 6.45) is 3.93. The second-order valence-corrected chi connectivity index (χ2v) is 4.45. The summed E-state index contributed by atoms with van der Waals surface area (Å²) in [6.45, 7) is 2.63. The van der Waals surface area contributed by atoms with E-state index in [4.69, 9.17) is 16.0 Å². The molecule has 0 fully saturated rings. The minimum atomic E-state index is -0.352. The van der Waals surface area contributed by atoms with Gasteiger partial charge in [-0.05, 0) is 30.2 Å². The topological polar surface area (TPSA) is 52.2 Å². The lowest BCUT2D eigenvalue weighted by Crippen LogP contribution is -2.13. The highest BCUT2D eigenvalue weighted by Crippen LogP contribution is 2.16. The van der Waals surface area contributed by atoms with Crippen molar-refractivity contribution in [3.05, 3.63) is 40.4 Å². The molecule has 4 nitrogen and oxygen atoms in total. The molecule has 0 N–H and O–H groups in total. The normalized spacial score (nSPS) is 11.5. The van der Waals surface area contributed by atoms with Crippen molar-refractivity contribution in [3.8, 4) is 0 Å². The molecule has 0 bridgehead atoms. The van der Waals surface area contributed by atoms with Crippen LogP contribution in [0.1, 0.15) is 18.9 Å². The maximum Gasteiger partial charge on any atom is 0.419 e. The molecule has 2 rings (SSSR count). The van der Waals surface area contributed by atoms with Gasteiger partial charge in [0.25, 0.3) is 0 Å². The predicted octanol–water partition coefficient (Wildman–Crippen LogP) is 2.83. The van der Waals surface area contributed by atoms with Gasteiger partial charge in [0, 0.05) is 6.54 Å². The molecule has 0 saturated heterocycles. The molecule has 5 heteroatoms. The third kappa shape index (κ3) is 2.96. The maximum atomic E-state index is 11.7. The molecule has 2 aromatic rings. The summed E-state index contributed by atoms with van der Waals surface area (Å²) in [5.41, 5.74) is 2.09. The second-order valence-electron chi connectivity index (χ2n) is 4.18. The lowest BCUT2D eigenvalue weighted by molar-refractivity contribution is -0.112. The van der Waals surface area contributed by atoms with Crippen molar-refractivity contribution in [3.63, 3.8) is 0 Å². The lowest BCUT2D eigenvalue weighted by atomic mass is 10.2. The summed E-state index contributed by atoms with van der Waals surface area (Å²) in [7, 11) is 0. The van der Waals surface area contributed by atoms with E-state index in [0.717, 1.165) is 17.5 Å². The average molecular weight is 280 g/mol. The third-order valence-corrected chi connectivity index (χ3v) is 3.00. The SMILES string of the molecule is CCCn1c(=O)oc2cc(C=CC(=O)CCl)ccc21. The van der Waals surface area contributed by atoms with E-state index >= 15 is 0 Å². The number of hydrogen-bond donors (Lipinski definition) is 0. The van der Waals surface area contributed by atoms with Crippen LogP contribution in [0.2, 0.25) is 0 Å². The molecule has 0 saturated carbocycles. The van der Waals surface area contributed by atoms with Gasteiger partial charge in [-0.25, -0.2) is 4.79 Å². The van der Waals surface area contributed by atoms with Gasteiger partial charge in [0.15, 0.2) is 11.4 Å². The zero-order valence-electron chi connectivity index (χ0n) is 10.6. The molecule has 0 atom stereocenters. The Hall–Kier alpha value is -1.81. The number of aryl methyl sites for hydroxylation is 1. The van der Waals surface area contributed by atoms with E-state index in [1.54, 1.807) is 16.7 Å². The predicted molar refractivity (Wildman–Crippen MR) is 75.5 cm³/mol. The Labute approximate surface area is 115 Å². The largest absolute Gasteiger partial charge is 0.419 e. The fourth-order valence-electron chi connectivity index (χ4n) is 1.86. The van der Waals surface area contributed by atoms with Crippen molar-refractivity contribution < 1.29 is 9.21 Å². The van der Waals surface area contributed by atoms with Gasteiger partial charge in [-0.3, -0.25) is 9.36 Å². The summed E-state index contributed by atoms with van der Waals surface area (Å²) in [5, 5.41) is 0. The minimum Gasteiger partial charge on any atom is -0.408 e. The Bertz CT molecular complexity index is 682. The molecule has 1 heterocycles. The summed E-state index contributed by atoms with van der Waals surface area (Å²) >= 11 is 5.41. The Morgan fingerprint density at radius 1 is 1.47 bits per heavy atom. The van der Waals surface area contributed by atoms with Gasteiger partial charge in [-0.2, -0.15) is 0 Å². The number of ketones is 1. The first-order valence-corrected chi connectivity index (χ1v) is 6.59. The highest BCUT2D eigenvalue weighted by atomic mass is 35.5. The lowest BCUT2D eigenvalue weighted by Gasteiger charge is -1.98. The zero-order valence-corrected chi connectivity index (χ0v) is 11.3. The van der Waals surface area contributed by atoms with Crippen LogP contribution >= 0.6 is 11.6 Å². The minimum absolute atomic E-state index is 0.0410. The zero-order chi connectivity index (χ0) is 13.8. The first kappa shape index (κ1) is 13.6. The summed E-state index contributed by atoms with van der Waals surface area (Å²) in [4.78, 5) is 22.8. The van der Waals surface area contributed by atoms with Crippen LogP contribution in [0.4, 0.5) is 0 Å². The molecule has 19 heavy (non-hydrogen) atoms. The number of rotatable bonds is 5. The average Bonchev–Trinajstić information content (AvgIpc) is 2.72. The van der Waals surface area contributed by atoms with E-state index in [1.807, 2.05) is 19.1 Å². The number of oxazole rings is 1. The van der Waals surface area contributed by atoms with Crippen molar-refractivity contribution >= 4 is 34.6 Å². The number of allylic oxidation sites excluding steroid dienone is 1. The van der Waals surface area contributed by atoms with Gasteiger partial charge in [0.1, 0.15) is 0 Å². The number of halogens is 1. The van der Waals surface area contributed by atoms with Crippen LogP contribution in [-0.2, 0) is 11.3 Å². The molecule has 0 aliphatic rings. The Balaban J connectivity index is 2.39. The number of nitrogens with zero attached hydrogens (tertiary/aromatic N) is 1. The number of hydrogen-bond acceptors (Lipinski definition) is 3. The van der Waals surface area contributed by atoms with Crippen LogP contribution < -0.4 is 5.76 Å². The number of carbonyl (C=O) groups excluding carboxylic acids is 1. The van der Waals surface area contributed by atoms with Gasteiger partial charge < -0.3 is 4.42 Å². The number of carbonyl (C=O) groups is 1. The Morgan fingerprint density at radius 3 is 2.95 bits per heavy atom. The van der Waals surface area contributed by atoms with E-state index in [1.165, 1.54) is 6.08 Å². The van der Waals surface area contributed by atoms with E-state index < -0.39 is 0 Å². The summed E-state index contributed by atoms with van der Waals surface area (Å²) < 4.78 is 6.79. The van der Waals surface area contributed by atoms with E-state index in [0.29, 0.717) is 12.1 Å². The van der Waals surface area contributed by atoms with Crippen molar-refractivity contribution in [1.29, 1.82) is 0 Å². The smallest absolute Gasteiger partial charge is 0.408 e. The number of alkyl halides is 1. The molecule has 0 amide bonds. The van der Waals surface area contributed by atoms with Crippen LogP contribution in [0.25, 0.3) is 17.2 Å². The first-order valence-electron chi connectivity index (χ1n) is 6.06. The first-order chi connectivity index (χ1) is 9.15. The van der Waals surface area contributed by atoms with Crippen LogP contribution in [0.15, 0.2) is 33.5 Å². The fourth-order valence-corrected chi connectivity index (χ4v) is 1.94. The van der Waals surface area contributed by atoms with Crippen LogP contribution in [0.5, 0.6) is 0 Å². The van der Waals surface area contributed by atoms with Crippen molar-refractivity contribution in [1.82, 2.24) is 4.57 Å². The summed E-state index contributed by atoms with van der Waals surface area (Å²) in [6, 6.07) is 5.39. The van der Waals surface area contributed by atoms with Gasteiger partial charge in [-0.15, -0.1) is 11.6 Å². The molecule has 1 aromatic heterocycles. The van der Waals surface area contributed by atoms with Crippen LogP contribution in [0, 0.1) is 0 Å². The van der Waals surface area contributed by atoms with Crippen molar-refractivity contribution in [2.45, 2.75) is 19.9 Å². The molecule has 0 spiro atoms. The van der Waals surface area contributed by atoms with E-state index in [9.17, 15) is 9.59 Å². The Morgan fingerprint density at radius 2 is 2.26 bits per heavy atom. The van der Waals surface area contributed by atoms with E-state index in [2.05, 4.69) is 0 Å². The van der Waals surface area contributed by atoms with Gasteiger partial charge >= 0.3 is 5.76 Å². The van der Waals surface area contributed by atoms with Gasteiger partial charge in [0.2, 0.25) is 0 Å². The molecule has 0 radical (unpaired) electrons. The number of fused-ring (bicyclic) bond motifs is 1. The quantitative estimate of drug-likeness (QED) is 0.625. The fraction of sp³-hybridized carbons (Fsp3) is 0.286. The molecule has 0 aliphatic heterocycles. The number of benzene rings is 1. The van der Waals surface area contributed by atoms with Gasteiger partial charge in [0.05, 0.1) is 11.4 Å². The third-order valence-electron chi connectivity index (χ3n) is 2.73. The summed E-state index contributed by atoms with van der Waals surface area (Å²) in [5.74, 6) is -0.553. The highest BCUT2D eigenvalue weighted by molar-refractivity contribution is 6.29. The van der Waals surface area contributed by atoms with Crippen molar-refractivity contribution in [2.24, 2.45) is 0 Å². The Kier molecular flexibility index (Phi) is 4.22. The maximum absolute atomic E-state index is 11.7. The molecular weight excluding hydrogens is 266 g/mol. The molecule has 0 unspecified atom stereocenters. The second kappa shape index (κ2) is 5.89. The standard InChI is InChI=1S/C14H14ClNO3/c1-2-7-16-12-6-4-10(3-5-11(17)9-15)8-13(12)19-14(16)18/h3-6,8H,2,7,9H2,1H3. The van der Waals surface area contributed by atoms with E-state index in [-0.39, 0.29) is 17.4 Å².